The van der Waals surface area contributed by atoms with Crippen LogP contribution in [0, 0.1) is 6.92 Å². The van der Waals surface area contributed by atoms with E-state index in [1.807, 2.05) is 23.7 Å². The zero-order chi connectivity index (χ0) is 29.8. The number of carbonyl (C=O) groups excluding carboxylic acids is 1. The van der Waals surface area contributed by atoms with Gasteiger partial charge in [0.2, 0.25) is 5.76 Å². The molecule has 3 aromatic rings. The number of halogens is 3. The summed E-state index contributed by atoms with van der Waals surface area (Å²) in [6, 6.07) is 7.31. The third-order valence-electron chi connectivity index (χ3n) is 6.60. The van der Waals surface area contributed by atoms with Crippen LogP contribution in [0.5, 0.6) is 0 Å². The Hall–Kier alpha value is -4.15. The lowest BCUT2D eigenvalue weighted by Gasteiger charge is -2.22. The monoisotopic (exact) mass is 568 g/mol. The number of ether oxygens (including phenoxy) is 1. The number of amides is 1. The first-order valence-corrected chi connectivity index (χ1v) is 13.5. The predicted octanol–water partition coefficient (Wildman–Crippen LogP) is 7.12. The average molecular weight is 569 g/mol. The Morgan fingerprint density at radius 1 is 1.10 bits per heavy atom. The van der Waals surface area contributed by atoms with Gasteiger partial charge in [-0.3, -0.25) is 9.78 Å². The number of rotatable bonds is 7. The Labute approximate surface area is 237 Å². The molecule has 1 aromatic carbocycles. The van der Waals surface area contributed by atoms with Crippen LogP contribution in [0.15, 0.2) is 66.0 Å². The van der Waals surface area contributed by atoms with Gasteiger partial charge < -0.3 is 15.4 Å². The summed E-state index contributed by atoms with van der Waals surface area (Å²) in [6.07, 6.45) is 3.80. The van der Waals surface area contributed by atoms with Crippen LogP contribution in [0.4, 0.5) is 30.5 Å². The molecule has 41 heavy (non-hydrogen) atoms. The smallest absolute Gasteiger partial charge is 0.450 e. The molecule has 11 heteroatoms. The summed E-state index contributed by atoms with van der Waals surface area (Å²) in [4.78, 5) is 21.4. The highest BCUT2D eigenvalue weighted by Crippen LogP contribution is 2.35. The highest BCUT2D eigenvalue weighted by atomic mass is 19.4. The van der Waals surface area contributed by atoms with Crippen molar-refractivity contribution >= 4 is 23.2 Å². The maximum atomic E-state index is 13.8. The standard InChI is InChI=1S/C30H35F3N6O2/c1-19-10-12-22(36-28(40)24-9-7-6-8-20(2)41-27(24)30(31,32)33)16-21(19)11-13-23-17-26(39(38-23)29(3,4)5)37-25-18-34-14-15-35-25/h8,10,12,14-18H,6-7,9,11,13H2,1-5H3,(H,35,37)(H,36,40)/b20-8+,27-24+. The molecule has 0 atom stereocenters. The van der Waals surface area contributed by atoms with Gasteiger partial charge in [0.15, 0.2) is 0 Å². The molecule has 0 fully saturated rings. The lowest BCUT2D eigenvalue weighted by atomic mass is 10.0. The molecule has 2 N–H and O–H groups in total. The van der Waals surface area contributed by atoms with Crippen molar-refractivity contribution in [3.05, 3.63) is 82.8 Å². The summed E-state index contributed by atoms with van der Waals surface area (Å²) in [6.45, 7) is 9.58. The van der Waals surface area contributed by atoms with Crippen molar-refractivity contribution in [2.45, 2.75) is 78.4 Å². The van der Waals surface area contributed by atoms with Crippen LogP contribution in [-0.2, 0) is 27.9 Å². The van der Waals surface area contributed by atoms with Crippen LogP contribution >= 0.6 is 0 Å². The number of allylic oxidation sites excluding steroid dienone is 3. The van der Waals surface area contributed by atoms with Gasteiger partial charge in [-0.15, -0.1) is 0 Å². The number of aryl methyl sites for hydroxylation is 3. The molecule has 8 nitrogen and oxygen atoms in total. The largest absolute Gasteiger partial charge is 0.457 e. The summed E-state index contributed by atoms with van der Waals surface area (Å²) in [5.41, 5.74) is 2.54. The summed E-state index contributed by atoms with van der Waals surface area (Å²) < 4.78 is 48.3. The molecule has 218 valence electrons. The Balaban J connectivity index is 1.53. The Kier molecular flexibility index (Phi) is 8.84. The van der Waals surface area contributed by atoms with Gasteiger partial charge in [-0.2, -0.15) is 18.3 Å². The van der Waals surface area contributed by atoms with Gasteiger partial charge in [0, 0.05) is 24.1 Å². The minimum absolute atomic E-state index is 0.0372. The van der Waals surface area contributed by atoms with Crippen molar-refractivity contribution in [2.24, 2.45) is 0 Å². The molecule has 1 amide bonds. The number of anilines is 3. The van der Waals surface area contributed by atoms with Gasteiger partial charge in [0.05, 0.1) is 28.8 Å². The molecule has 0 saturated carbocycles. The first-order chi connectivity index (χ1) is 19.3. The Morgan fingerprint density at radius 3 is 2.56 bits per heavy atom. The van der Waals surface area contributed by atoms with E-state index in [9.17, 15) is 18.0 Å². The zero-order valence-corrected chi connectivity index (χ0v) is 23.9. The van der Waals surface area contributed by atoms with Gasteiger partial charge >= 0.3 is 6.18 Å². The topological polar surface area (TPSA) is 94.0 Å². The van der Waals surface area contributed by atoms with Crippen molar-refractivity contribution in [1.82, 2.24) is 19.7 Å². The van der Waals surface area contributed by atoms with Crippen molar-refractivity contribution in [3.63, 3.8) is 0 Å². The summed E-state index contributed by atoms with van der Waals surface area (Å²) in [7, 11) is 0. The summed E-state index contributed by atoms with van der Waals surface area (Å²) in [5.74, 6) is -0.551. The number of hydrogen-bond donors (Lipinski definition) is 2. The number of aromatic nitrogens is 4. The van der Waals surface area contributed by atoms with E-state index in [2.05, 4.69) is 41.4 Å². The minimum atomic E-state index is -4.78. The third-order valence-corrected chi connectivity index (χ3v) is 6.60. The fourth-order valence-corrected chi connectivity index (χ4v) is 4.54. The quantitative estimate of drug-likeness (QED) is 0.315. The second kappa shape index (κ2) is 12.2. The number of benzene rings is 1. The van der Waals surface area contributed by atoms with Crippen LogP contribution in [0.3, 0.4) is 0 Å². The van der Waals surface area contributed by atoms with Crippen LogP contribution in [0.25, 0.3) is 0 Å². The number of hydrogen-bond acceptors (Lipinski definition) is 6. The van der Waals surface area contributed by atoms with E-state index >= 15 is 0 Å². The van der Waals surface area contributed by atoms with Crippen LogP contribution in [-0.4, -0.2) is 31.8 Å². The molecule has 0 spiro atoms. The molecule has 0 bridgehead atoms. The molecule has 0 radical (unpaired) electrons. The van der Waals surface area contributed by atoms with Gasteiger partial charge in [-0.1, -0.05) is 6.07 Å². The van der Waals surface area contributed by atoms with Gasteiger partial charge in [0.1, 0.15) is 11.6 Å². The van der Waals surface area contributed by atoms with Gasteiger partial charge in [-0.25, -0.2) is 9.67 Å². The van der Waals surface area contributed by atoms with Crippen molar-refractivity contribution in [1.29, 1.82) is 0 Å². The lowest BCUT2D eigenvalue weighted by Crippen LogP contribution is -2.25. The average Bonchev–Trinajstić information content (AvgIpc) is 3.29. The number of nitrogens with one attached hydrogen (secondary N) is 2. The molecule has 1 aliphatic rings. The van der Waals surface area contributed by atoms with Gasteiger partial charge in [0.25, 0.3) is 5.91 Å². The fourth-order valence-electron chi connectivity index (χ4n) is 4.54. The number of alkyl halides is 3. The second-order valence-corrected chi connectivity index (χ2v) is 11.0. The third kappa shape index (κ3) is 7.74. The van der Waals surface area contributed by atoms with Gasteiger partial charge in [-0.05, 0) is 96.1 Å². The van der Waals surface area contributed by atoms with Crippen molar-refractivity contribution < 1.29 is 22.7 Å². The van der Waals surface area contributed by atoms with Crippen LogP contribution in [0.1, 0.15) is 63.8 Å². The molecule has 1 aliphatic heterocycles. The molecular formula is C30H35F3N6O2. The Bertz CT molecular complexity index is 1450. The first-order valence-electron chi connectivity index (χ1n) is 13.5. The molecule has 3 heterocycles. The van der Waals surface area contributed by atoms with Crippen molar-refractivity contribution in [3.8, 4) is 0 Å². The number of nitrogens with zero attached hydrogens (tertiary/aromatic N) is 4. The van der Waals surface area contributed by atoms with E-state index in [0.717, 1.165) is 22.6 Å². The highest BCUT2D eigenvalue weighted by Gasteiger charge is 2.41. The predicted molar refractivity (Wildman–Crippen MR) is 152 cm³/mol. The minimum Gasteiger partial charge on any atom is -0.457 e. The molecule has 0 aliphatic carbocycles. The normalized spacial score (nSPS) is 17.6. The molecule has 0 saturated heterocycles. The number of carbonyl (C=O) groups is 1. The highest BCUT2D eigenvalue weighted by molar-refractivity contribution is 6.04. The summed E-state index contributed by atoms with van der Waals surface area (Å²) in [5, 5.41) is 10.8. The molecule has 2 aromatic heterocycles. The van der Waals surface area contributed by atoms with E-state index in [1.54, 1.807) is 36.8 Å². The zero-order valence-electron chi connectivity index (χ0n) is 23.9. The molecular weight excluding hydrogens is 533 g/mol. The van der Waals surface area contributed by atoms with Crippen molar-refractivity contribution in [2.75, 3.05) is 10.6 Å². The van der Waals surface area contributed by atoms with E-state index in [4.69, 9.17) is 9.84 Å². The Morgan fingerprint density at radius 2 is 1.88 bits per heavy atom. The molecule has 0 unspecified atom stereocenters. The molecule has 4 rings (SSSR count). The first kappa shape index (κ1) is 29.8. The van der Waals surface area contributed by atoms with E-state index in [1.165, 1.54) is 6.92 Å². The SMILES string of the molecule is C/C1=C\CCC/C(C(=O)Nc2ccc(C)c(CCc3cc(Nc4cnccn4)n(C(C)(C)C)n3)c2)=C(/C(F)(F)F)O1. The van der Waals surface area contributed by atoms with Crippen LogP contribution in [0.2, 0.25) is 0 Å². The van der Waals surface area contributed by atoms with E-state index in [0.29, 0.717) is 37.2 Å². The van der Waals surface area contributed by atoms with E-state index in [-0.39, 0.29) is 17.7 Å². The summed E-state index contributed by atoms with van der Waals surface area (Å²) >= 11 is 0. The fraction of sp³-hybridized carbons (Fsp3) is 0.400. The second-order valence-electron chi connectivity index (χ2n) is 11.0. The maximum Gasteiger partial charge on any atom is 0.450 e. The lowest BCUT2D eigenvalue weighted by molar-refractivity contribution is -0.129. The van der Waals surface area contributed by atoms with E-state index < -0.39 is 23.4 Å². The van der Waals surface area contributed by atoms with Crippen LogP contribution < -0.4 is 10.6 Å². The maximum absolute atomic E-state index is 13.8.